The molecule has 19 heavy (non-hydrogen) atoms. The molecular weight excluding hydrogens is 258 g/mol. The van der Waals surface area contributed by atoms with Crippen LogP contribution in [-0.4, -0.2) is 8.42 Å². The van der Waals surface area contributed by atoms with Gasteiger partial charge in [0, 0.05) is 11.1 Å². The predicted molar refractivity (Wildman–Crippen MR) is 77.1 cm³/mol. The highest BCUT2D eigenvalue weighted by molar-refractivity contribution is 7.95. The van der Waals surface area contributed by atoms with Gasteiger partial charge in [-0.25, -0.2) is 8.42 Å². The van der Waals surface area contributed by atoms with Crippen molar-refractivity contribution in [1.29, 1.82) is 0 Å². The summed E-state index contributed by atoms with van der Waals surface area (Å²) in [5, 5.41) is 4.42. The molecule has 96 valence electrons. The lowest BCUT2D eigenvalue weighted by atomic mass is 10.2. The maximum atomic E-state index is 12.0. The zero-order chi connectivity index (χ0) is 13.5. The summed E-state index contributed by atoms with van der Waals surface area (Å²) in [6.45, 7) is 2.01. The number of aryl methyl sites for hydroxylation is 1. The van der Waals surface area contributed by atoms with Crippen LogP contribution in [0, 0.1) is 6.92 Å². The van der Waals surface area contributed by atoms with Gasteiger partial charge < -0.3 is 5.32 Å². The molecule has 0 radical (unpaired) electrons. The number of hydrogen-bond donors (Lipinski definition) is 1. The van der Waals surface area contributed by atoms with E-state index in [9.17, 15) is 8.42 Å². The average molecular weight is 271 g/mol. The van der Waals surface area contributed by atoms with Gasteiger partial charge in [0.05, 0.1) is 5.69 Å². The van der Waals surface area contributed by atoms with Crippen LogP contribution >= 0.6 is 0 Å². The fourth-order valence-corrected chi connectivity index (χ4v) is 3.48. The molecule has 0 aliphatic carbocycles. The Morgan fingerprint density at radius 3 is 2.47 bits per heavy atom. The minimum absolute atomic E-state index is 0.357. The normalized spacial score (nSPS) is 15.2. The summed E-state index contributed by atoms with van der Waals surface area (Å²) in [6, 6.07) is 13.3. The molecule has 0 atom stereocenters. The van der Waals surface area contributed by atoms with Gasteiger partial charge in [-0.1, -0.05) is 29.8 Å². The lowest BCUT2D eigenvalue weighted by Crippen LogP contribution is -2.00. The summed E-state index contributed by atoms with van der Waals surface area (Å²) >= 11 is 0. The molecule has 0 aromatic heterocycles. The van der Waals surface area contributed by atoms with Gasteiger partial charge in [-0.05, 0) is 36.8 Å². The van der Waals surface area contributed by atoms with Gasteiger partial charge in [-0.15, -0.1) is 0 Å². The second kappa shape index (κ2) is 4.24. The highest BCUT2D eigenvalue weighted by Crippen LogP contribution is 2.34. The minimum atomic E-state index is -3.31. The van der Waals surface area contributed by atoms with Gasteiger partial charge in [-0.2, -0.15) is 0 Å². The van der Waals surface area contributed by atoms with Gasteiger partial charge in [0.25, 0.3) is 0 Å². The summed E-state index contributed by atoms with van der Waals surface area (Å²) in [5.41, 5.74) is 3.39. The van der Waals surface area contributed by atoms with E-state index in [0.717, 1.165) is 16.8 Å². The molecule has 0 unspecified atom stereocenters. The van der Waals surface area contributed by atoms with Crippen molar-refractivity contribution in [3.8, 4) is 0 Å². The fraction of sp³-hybridized carbons (Fsp3) is 0.0667. The number of fused-ring (bicyclic) bond motifs is 1. The quantitative estimate of drug-likeness (QED) is 0.909. The van der Waals surface area contributed by atoms with Crippen molar-refractivity contribution in [3.05, 3.63) is 59.0 Å². The molecule has 2 aromatic carbocycles. The summed E-state index contributed by atoms with van der Waals surface area (Å²) in [6.07, 6.45) is 1.63. The average Bonchev–Trinajstić information content (AvgIpc) is 2.70. The maximum absolute atomic E-state index is 12.0. The van der Waals surface area contributed by atoms with E-state index in [0.29, 0.717) is 10.6 Å². The number of hydrogen-bond acceptors (Lipinski definition) is 3. The van der Waals surface area contributed by atoms with E-state index in [4.69, 9.17) is 0 Å². The van der Waals surface area contributed by atoms with Crippen molar-refractivity contribution < 1.29 is 8.42 Å². The van der Waals surface area contributed by atoms with E-state index in [1.54, 1.807) is 18.2 Å². The molecule has 1 N–H and O–H groups in total. The highest BCUT2D eigenvalue weighted by atomic mass is 32.2. The molecule has 1 aliphatic rings. The summed E-state index contributed by atoms with van der Waals surface area (Å²) < 4.78 is 24.0. The summed E-state index contributed by atoms with van der Waals surface area (Å²) in [7, 11) is -3.31. The van der Waals surface area contributed by atoms with E-state index in [2.05, 4.69) is 5.32 Å². The fourth-order valence-electron chi connectivity index (χ4n) is 2.13. The lowest BCUT2D eigenvalue weighted by Gasteiger charge is -2.11. The van der Waals surface area contributed by atoms with E-state index in [1.165, 1.54) is 5.41 Å². The molecule has 0 fully saturated rings. The molecule has 2 aromatic rings. The van der Waals surface area contributed by atoms with Gasteiger partial charge in [0.15, 0.2) is 0 Å². The second-order valence-electron chi connectivity index (χ2n) is 4.56. The van der Waals surface area contributed by atoms with Crippen LogP contribution in [-0.2, 0) is 9.84 Å². The Morgan fingerprint density at radius 2 is 1.74 bits per heavy atom. The van der Waals surface area contributed by atoms with Gasteiger partial charge in [0.2, 0.25) is 9.84 Å². The first kappa shape index (κ1) is 12.0. The summed E-state index contributed by atoms with van der Waals surface area (Å²) in [5.74, 6) is 0. The maximum Gasteiger partial charge on any atom is 0.202 e. The Morgan fingerprint density at radius 1 is 1.00 bits per heavy atom. The van der Waals surface area contributed by atoms with Crippen LogP contribution in [0.2, 0.25) is 0 Å². The molecule has 3 nitrogen and oxygen atoms in total. The molecule has 0 amide bonds. The summed E-state index contributed by atoms with van der Waals surface area (Å²) in [4.78, 5) is 0.357. The van der Waals surface area contributed by atoms with E-state index in [-0.39, 0.29) is 0 Å². The number of rotatable bonds is 2. The SMILES string of the molecule is Cc1ccc(Nc2cccc3c2S(=O)(=O)C=C3)cc1. The first-order chi connectivity index (χ1) is 9.06. The van der Waals surface area contributed by atoms with E-state index < -0.39 is 9.84 Å². The van der Waals surface area contributed by atoms with Crippen molar-refractivity contribution in [3.63, 3.8) is 0 Å². The van der Waals surface area contributed by atoms with Crippen LogP contribution < -0.4 is 5.32 Å². The molecule has 3 rings (SSSR count). The number of sulfone groups is 1. The third-order valence-corrected chi connectivity index (χ3v) is 4.61. The largest absolute Gasteiger partial charge is 0.354 e. The molecule has 4 heteroatoms. The minimum Gasteiger partial charge on any atom is -0.354 e. The van der Waals surface area contributed by atoms with Crippen molar-refractivity contribution in [2.45, 2.75) is 11.8 Å². The Bertz CT molecular complexity index is 759. The Balaban J connectivity index is 2.05. The molecular formula is C15H13NO2S. The zero-order valence-corrected chi connectivity index (χ0v) is 11.2. The topological polar surface area (TPSA) is 46.2 Å². The van der Waals surface area contributed by atoms with Crippen LogP contribution in [0.25, 0.3) is 6.08 Å². The molecule has 1 aliphatic heterocycles. The van der Waals surface area contributed by atoms with Gasteiger partial charge in [-0.3, -0.25) is 0 Å². The Labute approximate surface area is 112 Å². The molecule has 0 bridgehead atoms. The van der Waals surface area contributed by atoms with Crippen molar-refractivity contribution in [2.75, 3.05) is 5.32 Å². The van der Waals surface area contributed by atoms with Crippen LogP contribution in [0.1, 0.15) is 11.1 Å². The van der Waals surface area contributed by atoms with Crippen LogP contribution in [0.15, 0.2) is 52.8 Å². The molecule has 1 heterocycles. The third-order valence-electron chi connectivity index (χ3n) is 3.09. The number of benzene rings is 2. The predicted octanol–water partition coefficient (Wildman–Crippen LogP) is 3.50. The van der Waals surface area contributed by atoms with Crippen molar-refractivity contribution >= 4 is 27.3 Å². The van der Waals surface area contributed by atoms with E-state index >= 15 is 0 Å². The first-order valence-electron chi connectivity index (χ1n) is 5.96. The van der Waals surface area contributed by atoms with Crippen LogP contribution in [0.3, 0.4) is 0 Å². The first-order valence-corrected chi connectivity index (χ1v) is 7.51. The zero-order valence-electron chi connectivity index (χ0n) is 10.4. The number of nitrogens with one attached hydrogen (secondary N) is 1. The Hall–Kier alpha value is -2.07. The van der Waals surface area contributed by atoms with Crippen LogP contribution in [0.4, 0.5) is 11.4 Å². The third kappa shape index (κ3) is 2.15. The monoisotopic (exact) mass is 271 g/mol. The second-order valence-corrected chi connectivity index (χ2v) is 6.33. The van der Waals surface area contributed by atoms with Crippen LogP contribution in [0.5, 0.6) is 0 Å². The smallest absolute Gasteiger partial charge is 0.202 e. The number of anilines is 2. The van der Waals surface area contributed by atoms with Crippen molar-refractivity contribution in [1.82, 2.24) is 0 Å². The van der Waals surface area contributed by atoms with Gasteiger partial charge in [0.1, 0.15) is 4.90 Å². The lowest BCUT2D eigenvalue weighted by molar-refractivity contribution is 0.606. The van der Waals surface area contributed by atoms with E-state index in [1.807, 2.05) is 37.3 Å². The van der Waals surface area contributed by atoms with Crippen molar-refractivity contribution in [2.24, 2.45) is 0 Å². The molecule has 0 spiro atoms. The molecule has 0 saturated carbocycles. The van der Waals surface area contributed by atoms with Gasteiger partial charge >= 0.3 is 0 Å². The standard InChI is InChI=1S/C15H13NO2S/c1-11-5-7-13(8-6-11)16-14-4-2-3-12-9-10-19(17,18)15(12)14/h2-10,16H,1H3. The molecule has 0 saturated heterocycles. The highest BCUT2D eigenvalue weighted by Gasteiger charge is 2.24. The Kier molecular flexibility index (Phi) is 2.68.